The summed E-state index contributed by atoms with van der Waals surface area (Å²) in [5, 5.41) is 3.44. The quantitative estimate of drug-likeness (QED) is 0.775. The van der Waals surface area contributed by atoms with Crippen LogP contribution in [0.5, 0.6) is 0 Å². The number of rotatable bonds is 4. The number of nitrogens with zero attached hydrogens (tertiary/aromatic N) is 2. The van der Waals surface area contributed by atoms with Gasteiger partial charge in [0.1, 0.15) is 9.71 Å². The van der Waals surface area contributed by atoms with Crippen molar-refractivity contribution in [2.45, 2.75) is 12.6 Å². The fraction of sp³-hybridized carbons (Fsp3) is 0.200. The number of fused-ring (bicyclic) bond motifs is 1. The number of aromatic nitrogens is 2. The predicted molar refractivity (Wildman–Crippen MR) is 81.1 cm³/mol. The fourth-order valence-electron chi connectivity index (χ4n) is 2.02. The van der Waals surface area contributed by atoms with E-state index in [0.29, 0.717) is 34.0 Å². The summed E-state index contributed by atoms with van der Waals surface area (Å²) in [4.78, 5) is 7.87. The van der Waals surface area contributed by atoms with Crippen molar-refractivity contribution in [2.75, 3.05) is 11.9 Å². The first kappa shape index (κ1) is 14.8. The second kappa shape index (κ2) is 5.92. The number of benzene rings is 1. The van der Waals surface area contributed by atoms with Crippen LogP contribution in [-0.2, 0) is 12.6 Å². The summed E-state index contributed by atoms with van der Waals surface area (Å²) >= 11 is 0.632. The Hall–Kier alpha value is -2.15. The molecule has 3 nitrogen and oxygen atoms in total. The van der Waals surface area contributed by atoms with E-state index in [1.165, 1.54) is 11.8 Å². The molecule has 0 fully saturated rings. The van der Waals surface area contributed by atoms with E-state index in [1.807, 2.05) is 30.3 Å². The Labute approximate surface area is 128 Å². The number of thiophene rings is 1. The van der Waals surface area contributed by atoms with E-state index in [1.54, 1.807) is 0 Å². The van der Waals surface area contributed by atoms with Crippen LogP contribution in [0.15, 0.2) is 42.6 Å². The molecule has 2 aromatic heterocycles. The summed E-state index contributed by atoms with van der Waals surface area (Å²) in [6.45, 7) is 0.618. The zero-order valence-corrected chi connectivity index (χ0v) is 12.2. The molecular formula is C15H12F3N3S. The minimum Gasteiger partial charge on any atom is -0.354 e. The van der Waals surface area contributed by atoms with Crippen LogP contribution < -0.4 is 5.32 Å². The number of nitrogens with one attached hydrogen (secondary N) is 1. The Kier molecular flexibility index (Phi) is 3.98. The van der Waals surface area contributed by atoms with Gasteiger partial charge in [0.15, 0.2) is 0 Å². The van der Waals surface area contributed by atoms with Crippen molar-refractivity contribution in [1.29, 1.82) is 0 Å². The monoisotopic (exact) mass is 323 g/mol. The highest BCUT2D eigenvalue weighted by molar-refractivity contribution is 7.18. The number of halogens is 3. The molecule has 0 saturated heterocycles. The molecule has 114 valence electrons. The Bertz CT molecular complexity index is 769. The molecule has 0 aliphatic rings. The lowest BCUT2D eigenvalue weighted by atomic mass is 10.1. The number of hydrogen-bond acceptors (Lipinski definition) is 4. The van der Waals surface area contributed by atoms with E-state index in [4.69, 9.17) is 0 Å². The van der Waals surface area contributed by atoms with E-state index in [2.05, 4.69) is 15.3 Å². The first-order chi connectivity index (χ1) is 10.5. The minimum absolute atomic E-state index is 0.338. The molecule has 3 aromatic rings. The fourth-order valence-corrected chi connectivity index (χ4v) is 2.89. The number of hydrogen-bond donors (Lipinski definition) is 1. The Morgan fingerprint density at radius 2 is 1.91 bits per heavy atom. The summed E-state index contributed by atoms with van der Waals surface area (Å²) in [7, 11) is 0. The molecule has 0 aliphatic heterocycles. The van der Waals surface area contributed by atoms with Crippen molar-refractivity contribution >= 4 is 27.5 Å². The largest absolute Gasteiger partial charge is 0.425 e. The normalized spacial score (nSPS) is 11.8. The average Bonchev–Trinajstić information content (AvgIpc) is 2.92. The van der Waals surface area contributed by atoms with Crippen LogP contribution in [0.2, 0.25) is 0 Å². The van der Waals surface area contributed by atoms with Crippen LogP contribution >= 0.6 is 11.3 Å². The van der Waals surface area contributed by atoms with E-state index >= 15 is 0 Å². The predicted octanol–water partition coefficient (Wildman–Crippen LogP) is 4.36. The molecule has 7 heteroatoms. The van der Waals surface area contributed by atoms with Crippen molar-refractivity contribution in [3.05, 3.63) is 53.0 Å². The Morgan fingerprint density at radius 1 is 1.14 bits per heavy atom. The zero-order valence-electron chi connectivity index (χ0n) is 11.4. The van der Waals surface area contributed by atoms with Crippen LogP contribution in [0.25, 0.3) is 10.2 Å². The van der Waals surface area contributed by atoms with Gasteiger partial charge in [0.05, 0.1) is 0 Å². The topological polar surface area (TPSA) is 37.8 Å². The van der Waals surface area contributed by atoms with E-state index in [0.717, 1.165) is 12.5 Å². The molecule has 0 unspecified atom stereocenters. The maximum atomic E-state index is 12.7. The van der Waals surface area contributed by atoms with Gasteiger partial charge < -0.3 is 5.32 Å². The first-order valence-electron chi connectivity index (χ1n) is 6.64. The maximum absolute atomic E-state index is 12.7. The molecule has 2 heterocycles. The highest BCUT2D eigenvalue weighted by atomic mass is 32.1. The van der Waals surface area contributed by atoms with Crippen LogP contribution in [0.3, 0.4) is 0 Å². The van der Waals surface area contributed by atoms with Gasteiger partial charge in [-0.25, -0.2) is 9.97 Å². The third-order valence-electron chi connectivity index (χ3n) is 3.09. The second-order valence-electron chi connectivity index (χ2n) is 4.72. The van der Waals surface area contributed by atoms with Gasteiger partial charge in [-0.05, 0) is 18.1 Å². The van der Waals surface area contributed by atoms with Gasteiger partial charge in [-0.2, -0.15) is 13.2 Å². The molecule has 3 rings (SSSR count). The van der Waals surface area contributed by atoms with Crippen molar-refractivity contribution in [3.63, 3.8) is 0 Å². The number of alkyl halides is 3. The van der Waals surface area contributed by atoms with Crippen molar-refractivity contribution in [3.8, 4) is 0 Å². The molecule has 0 saturated carbocycles. The summed E-state index contributed by atoms with van der Waals surface area (Å²) in [5.74, 6) is 0.346. The Balaban J connectivity index is 1.69. The van der Waals surface area contributed by atoms with Crippen molar-refractivity contribution in [2.24, 2.45) is 0 Å². The van der Waals surface area contributed by atoms with Gasteiger partial charge in [-0.1, -0.05) is 30.3 Å². The summed E-state index contributed by atoms with van der Waals surface area (Å²) in [6, 6.07) is 11.0. The van der Waals surface area contributed by atoms with Crippen molar-refractivity contribution < 1.29 is 13.2 Å². The lowest BCUT2D eigenvalue weighted by molar-refractivity contribution is -0.134. The minimum atomic E-state index is -4.34. The smallest absolute Gasteiger partial charge is 0.354 e. The third-order valence-corrected chi connectivity index (χ3v) is 4.18. The SMILES string of the molecule is FC(F)(F)c1cc2cnc(NCCc3ccccc3)nc2s1. The van der Waals surface area contributed by atoms with Crippen LogP contribution in [-0.4, -0.2) is 16.5 Å². The third kappa shape index (κ3) is 3.36. The summed E-state index contributed by atoms with van der Waals surface area (Å²) < 4.78 is 38.0. The molecule has 0 radical (unpaired) electrons. The number of anilines is 1. The lowest BCUT2D eigenvalue weighted by Crippen LogP contribution is -2.07. The van der Waals surface area contributed by atoms with Crippen molar-refractivity contribution in [1.82, 2.24) is 9.97 Å². The second-order valence-corrected chi connectivity index (χ2v) is 5.76. The van der Waals surface area contributed by atoms with Gasteiger partial charge in [0, 0.05) is 18.1 Å². The molecule has 22 heavy (non-hydrogen) atoms. The molecule has 0 bridgehead atoms. The van der Waals surface area contributed by atoms with Gasteiger partial charge in [0.25, 0.3) is 0 Å². The maximum Gasteiger partial charge on any atom is 0.425 e. The molecule has 0 spiro atoms. The van der Waals surface area contributed by atoms with E-state index < -0.39 is 11.1 Å². The van der Waals surface area contributed by atoms with Gasteiger partial charge in [0.2, 0.25) is 5.95 Å². The van der Waals surface area contributed by atoms with E-state index in [-0.39, 0.29) is 0 Å². The Morgan fingerprint density at radius 3 is 2.64 bits per heavy atom. The lowest BCUT2D eigenvalue weighted by Gasteiger charge is -2.04. The molecule has 1 N–H and O–H groups in total. The zero-order chi connectivity index (χ0) is 15.6. The summed E-state index contributed by atoms with van der Waals surface area (Å²) in [6.07, 6.45) is -2.13. The van der Waals surface area contributed by atoms with Crippen LogP contribution in [0.1, 0.15) is 10.4 Å². The molecule has 0 aliphatic carbocycles. The standard InChI is InChI=1S/C15H12F3N3S/c16-15(17,18)12-8-11-9-20-14(21-13(11)22-12)19-7-6-10-4-2-1-3-5-10/h1-5,8-9H,6-7H2,(H,19,20,21). The van der Waals surface area contributed by atoms with Gasteiger partial charge >= 0.3 is 6.18 Å². The highest BCUT2D eigenvalue weighted by Crippen LogP contribution is 2.37. The van der Waals surface area contributed by atoms with Crippen LogP contribution in [0.4, 0.5) is 19.1 Å². The average molecular weight is 323 g/mol. The molecule has 0 amide bonds. The summed E-state index contributed by atoms with van der Waals surface area (Å²) in [5.41, 5.74) is 1.17. The van der Waals surface area contributed by atoms with E-state index in [9.17, 15) is 13.2 Å². The molecule has 0 atom stereocenters. The molecule has 1 aromatic carbocycles. The van der Waals surface area contributed by atoms with Crippen LogP contribution in [0, 0.1) is 0 Å². The van der Waals surface area contributed by atoms with Gasteiger partial charge in [-0.15, -0.1) is 11.3 Å². The molecular weight excluding hydrogens is 311 g/mol. The highest BCUT2D eigenvalue weighted by Gasteiger charge is 2.33. The van der Waals surface area contributed by atoms with Gasteiger partial charge in [-0.3, -0.25) is 0 Å². The first-order valence-corrected chi connectivity index (χ1v) is 7.45.